The third-order valence-corrected chi connectivity index (χ3v) is 8.47. The third kappa shape index (κ3) is 2.57. The number of aryl methyl sites for hydroxylation is 1. The minimum atomic E-state index is 0.348. The van der Waals surface area contributed by atoms with Gasteiger partial charge in [-0.2, -0.15) is 5.26 Å². The summed E-state index contributed by atoms with van der Waals surface area (Å²) < 4.78 is 2.37. The van der Waals surface area contributed by atoms with Crippen LogP contribution in [-0.2, 0) is 12.8 Å². The summed E-state index contributed by atoms with van der Waals surface area (Å²) in [5, 5.41) is 9.14. The molecule has 5 rings (SSSR count). The van der Waals surface area contributed by atoms with E-state index in [-0.39, 0.29) is 0 Å². The maximum atomic E-state index is 9.14. The molecule has 0 bridgehead atoms. The molecule has 0 amide bonds. The van der Waals surface area contributed by atoms with E-state index < -0.39 is 0 Å². The number of rotatable bonds is 2. The molecular weight excluding hydrogens is 342 g/mol. The molecule has 2 aromatic heterocycles. The Morgan fingerprint density at radius 3 is 3.00 bits per heavy atom. The van der Waals surface area contributed by atoms with Crippen molar-refractivity contribution in [2.75, 3.05) is 0 Å². The van der Waals surface area contributed by atoms with Crippen molar-refractivity contribution < 1.29 is 0 Å². The molecule has 2 fully saturated rings. The van der Waals surface area contributed by atoms with Gasteiger partial charge in [0.25, 0.3) is 0 Å². The van der Waals surface area contributed by atoms with Crippen LogP contribution in [0.15, 0.2) is 30.5 Å². The molecule has 2 saturated carbocycles. The van der Waals surface area contributed by atoms with Crippen LogP contribution in [0.5, 0.6) is 0 Å². The number of allylic oxidation sites excluding steroid dienone is 1. The van der Waals surface area contributed by atoms with Gasteiger partial charge in [-0.15, -0.1) is 0 Å². The molecule has 3 aliphatic carbocycles. The molecule has 5 atom stereocenters. The lowest BCUT2D eigenvalue weighted by Gasteiger charge is -2.57. The van der Waals surface area contributed by atoms with Crippen molar-refractivity contribution in [3.05, 3.63) is 47.4 Å². The fourth-order valence-corrected chi connectivity index (χ4v) is 7.01. The summed E-state index contributed by atoms with van der Waals surface area (Å²) >= 11 is 0. The standard InChI is InChI=1S/C25H31N3/c1-16-6-11-24-27-22-13-18-8-9-20-19(5-4-12-26)17(2)7-10-21(20)25(18,3)14-23(22)28(24)15-16/h6,11,15,18-21H,2,4-5,7-10,13-14H2,1,3H3/t18-,19+,20-,21-,25-/m0/s1. The number of fused-ring (bicyclic) bond motifs is 6. The second kappa shape index (κ2) is 6.48. The van der Waals surface area contributed by atoms with Crippen molar-refractivity contribution in [2.24, 2.45) is 29.1 Å². The second-order valence-electron chi connectivity index (χ2n) is 9.87. The van der Waals surface area contributed by atoms with Gasteiger partial charge in [0.15, 0.2) is 0 Å². The quantitative estimate of drug-likeness (QED) is 0.637. The molecule has 0 saturated heterocycles. The molecule has 0 aromatic carbocycles. The Balaban J connectivity index is 1.53. The number of pyridine rings is 1. The molecule has 3 aliphatic rings. The molecule has 0 spiro atoms. The van der Waals surface area contributed by atoms with Gasteiger partial charge >= 0.3 is 0 Å². The van der Waals surface area contributed by atoms with Gasteiger partial charge in [0.2, 0.25) is 0 Å². The van der Waals surface area contributed by atoms with Crippen LogP contribution in [0, 0.1) is 47.3 Å². The Morgan fingerprint density at radius 2 is 2.18 bits per heavy atom. The minimum absolute atomic E-state index is 0.348. The molecule has 0 N–H and O–H groups in total. The highest BCUT2D eigenvalue weighted by atomic mass is 15.0. The summed E-state index contributed by atoms with van der Waals surface area (Å²) in [7, 11) is 0. The van der Waals surface area contributed by atoms with Crippen LogP contribution in [0.3, 0.4) is 0 Å². The Morgan fingerprint density at radius 1 is 1.32 bits per heavy atom. The van der Waals surface area contributed by atoms with Crippen LogP contribution in [0.4, 0.5) is 0 Å². The number of hydrogen-bond donors (Lipinski definition) is 0. The predicted molar refractivity (Wildman–Crippen MR) is 112 cm³/mol. The zero-order valence-corrected chi connectivity index (χ0v) is 17.2. The lowest BCUT2D eigenvalue weighted by atomic mass is 9.47. The minimum Gasteiger partial charge on any atom is -0.304 e. The molecule has 0 unspecified atom stereocenters. The fourth-order valence-electron chi connectivity index (χ4n) is 7.01. The first-order chi connectivity index (χ1) is 13.5. The highest BCUT2D eigenvalue weighted by Gasteiger charge is 2.53. The largest absolute Gasteiger partial charge is 0.304 e. The van der Waals surface area contributed by atoms with E-state index in [0.717, 1.165) is 49.1 Å². The zero-order chi connectivity index (χ0) is 19.5. The van der Waals surface area contributed by atoms with Crippen LogP contribution >= 0.6 is 0 Å². The van der Waals surface area contributed by atoms with E-state index in [1.54, 1.807) is 0 Å². The molecule has 3 nitrogen and oxygen atoms in total. The molecule has 0 aliphatic heterocycles. The van der Waals surface area contributed by atoms with E-state index in [2.05, 4.69) is 49.2 Å². The molecule has 3 heteroatoms. The monoisotopic (exact) mass is 373 g/mol. The maximum absolute atomic E-state index is 9.14. The smallest absolute Gasteiger partial charge is 0.137 e. The Hall–Kier alpha value is -2.08. The van der Waals surface area contributed by atoms with E-state index in [1.807, 2.05) is 0 Å². The van der Waals surface area contributed by atoms with Crippen molar-refractivity contribution in [1.82, 2.24) is 9.38 Å². The van der Waals surface area contributed by atoms with Gasteiger partial charge < -0.3 is 4.40 Å². The van der Waals surface area contributed by atoms with Crippen molar-refractivity contribution in [2.45, 2.75) is 65.2 Å². The van der Waals surface area contributed by atoms with Crippen molar-refractivity contribution in [3.8, 4) is 6.07 Å². The van der Waals surface area contributed by atoms with E-state index in [4.69, 9.17) is 10.2 Å². The van der Waals surface area contributed by atoms with Gasteiger partial charge in [-0.1, -0.05) is 25.1 Å². The molecule has 28 heavy (non-hydrogen) atoms. The average molecular weight is 374 g/mol. The van der Waals surface area contributed by atoms with Crippen LogP contribution in [0.25, 0.3) is 5.65 Å². The van der Waals surface area contributed by atoms with Gasteiger partial charge in [0.05, 0.1) is 11.8 Å². The van der Waals surface area contributed by atoms with Crippen LogP contribution < -0.4 is 0 Å². The summed E-state index contributed by atoms with van der Waals surface area (Å²) in [4.78, 5) is 5.00. The van der Waals surface area contributed by atoms with Gasteiger partial charge in [0, 0.05) is 18.3 Å². The van der Waals surface area contributed by atoms with Gasteiger partial charge in [-0.25, -0.2) is 4.98 Å². The first-order valence-corrected chi connectivity index (χ1v) is 11.0. The average Bonchev–Trinajstić information content (AvgIpc) is 3.01. The SMILES string of the molecule is C=C1CC[C@H]2[C@@H](CC[C@H]3Cc4nc5ccc(C)cn5c4C[C@@]32C)[C@@H]1CCC#N. The van der Waals surface area contributed by atoms with Crippen molar-refractivity contribution >= 4 is 5.65 Å². The van der Waals surface area contributed by atoms with Gasteiger partial charge in [-0.05, 0) is 92.6 Å². The normalized spacial score (nSPS) is 34.4. The zero-order valence-electron chi connectivity index (χ0n) is 17.2. The third-order valence-electron chi connectivity index (χ3n) is 8.47. The Bertz CT molecular complexity index is 978. The maximum Gasteiger partial charge on any atom is 0.137 e. The lowest BCUT2D eigenvalue weighted by Crippen LogP contribution is -2.51. The van der Waals surface area contributed by atoms with Crippen molar-refractivity contribution in [1.29, 1.82) is 5.26 Å². The summed E-state index contributed by atoms with van der Waals surface area (Å²) in [5.41, 5.74) is 6.97. The molecular formula is C25H31N3. The number of aromatic nitrogens is 2. The fraction of sp³-hybridized carbons (Fsp3) is 0.600. The summed E-state index contributed by atoms with van der Waals surface area (Å²) in [6.45, 7) is 9.16. The topological polar surface area (TPSA) is 41.1 Å². The molecule has 0 radical (unpaired) electrons. The highest BCUT2D eigenvalue weighted by molar-refractivity contribution is 5.46. The Labute approximate surface area is 168 Å². The lowest BCUT2D eigenvalue weighted by molar-refractivity contribution is -0.0450. The van der Waals surface area contributed by atoms with Gasteiger partial charge in [0.1, 0.15) is 5.65 Å². The molecule has 2 aromatic rings. The highest BCUT2D eigenvalue weighted by Crippen LogP contribution is 2.60. The number of hydrogen-bond acceptors (Lipinski definition) is 2. The summed E-state index contributed by atoms with van der Waals surface area (Å²) in [6, 6.07) is 6.72. The van der Waals surface area contributed by atoms with Crippen LogP contribution in [0.2, 0.25) is 0 Å². The van der Waals surface area contributed by atoms with Crippen LogP contribution in [0.1, 0.15) is 62.4 Å². The number of nitrogens with zero attached hydrogens (tertiary/aromatic N) is 3. The number of nitriles is 1. The summed E-state index contributed by atoms with van der Waals surface area (Å²) in [5.74, 6) is 2.78. The van der Waals surface area contributed by atoms with E-state index in [9.17, 15) is 0 Å². The van der Waals surface area contributed by atoms with E-state index in [0.29, 0.717) is 17.8 Å². The van der Waals surface area contributed by atoms with Gasteiger partial charge in [-0.3, -0.25) is 0 Å². The summed E-state index contributed by atoms with van der Waals surface area (Å²) in [6.07, 6.45) is 11.3. The Kier molecular flexibility index (Phi) is 4.16. The van der Waals surface area contributed by atoms with E-state index >= 15 is 0 Å². The first kappa shape index (κ1) is 18.0. The molecule has 2 heterocycles. The predicted octanol–water partition coefficient (Wildman–Crippen LogP) is 5.66. The molecule has 146 valence electrons. The second-order valence-corrected chi connectivity index (χ2v) is 9.87. The van der Waals surface area contributed by atoms with E-state index in [1.165, 1.54) is 41.8 Å². The van der Waals surface area contributed by atoms with Crippen LogP contribution in [-0.4, -0.2) is 9.38 Å². The van der Waals surface area contributed by atoms with Crippen molar-refractivity contribution in [3.63, 3.8) is 0 Å². The number of imidazole rings is 1. The first-order valence-electron chi connectivity index (χ1n) is 11.0.